The number of halogens is 2. The van der Waals surface area contributed by atoms with Gasteiger partial charge in [0.15, 0.2) is 0 Å². The molecule has 2 N–H and O–H groups in total. The molecule has 132 valence electrons. The van der Waals surface area contributed by atoms with Crippen molar-refractivity contribution in [3.05, 3.63) is 82.6 Å². The van der Waals surface area contributed by atoms with Crippen LogP contribution in [0.25, 0.3) is 0 Å². The minimum Gasteiger partial charge on any atom is -0.457 e. The number of nitrogens with zero attached hydrogens (tertiary/aromatic N) is 1. The van der Waals surface area contributed by atoms with Crippen molar-refractivity contribution >= 4 is 34.9 Å². The average Bonchev–Trinajstić information content (AvgIpc) is 2.61. The van der Waals surface area contributed by atoms with Crippen molar-refractivity contribution in [2.75, 3.05) is 5.32 Å². The molecule has 0 saturated heterocycles. The molecule has 1 aromatic heterocycles. The van der Waals surface area contributed by atoms with Crippen LogP contribution in [-0.2, 0) is 6.54 Å². The van der Waals surface area contributed by atoms with Crippen LogP contribution < -0.4 is 15.4 Å². The van der Waals surface area contributed by atoms with Gasteiger partial charge in [0.25, 0.3) is 0 Å². The number of hydrogen-bond donors (Lipinski definition) is 2. The maximum absolute atomic E-state index is 12.0. The highest BCUT2D eigenvalue weighted by Gasteiger charge is 2.04. The summed E-state index contributed by atoms with van der Waals surface area (Å²) in [6, 6.07) is 15.5. The molecule has 1 heterocycles. The molecule has 0 aliphatic carbocycles. The number of hydrogen-bond acceptors (Lipinski definition) is 3. The van der Waals surface area contributed by atoms with Crippen LogP contribution >= 0.6 is 23.2 Å². The number of urea groups is 1. The van der Waals surface area contributed by atoms with E-state index in [1.54, 1.807) is 42.7 Å². The largest absolute Gasteiger partial charge is 0.457 e. The topological polar surface area (TPSA) is 63.2 Å². The SMILES string of the molecule is O=C(NCc1ccc(Oc2ccncc2)cc1)Nc1cc(Cl)cc(Cl)c1. The molecule has 0 bridgehead atoms. The van der Waals surface area contributed by atoms with Gasteiger partial charge in [-0.3, -0.25) is 4.98 Å². The summed E-state index contributed by atoms with van der Waals surface area (Å²) in [6.45, 7) is 0.371. The summed E-state index contributed by atoms with van der Waals surface area (Å²) < 4.78 is 5.70. The number of carbonyl (C=O) groups is 1. The van der Waals surface area contributed by atoms with Gasteiger partial charge in [0, 0.05) is 34.7 Å². The predicted molar refractivity (Wildman–Crippen MR) is 103 cm³/mol. The van der Waals surface area contributed by atoms with Crippen molar-refractivity contribution in [3.8, 4) is 11.5 Å². The Kier molecular flexibility index (Phi) is 5.94. The minimum atomic E-state index is -0.347. The van der Waals surface area contributed by atoms with E-state index in [-0.39, 0.29) is 6.03 Å². The Morgan fingerprint density at radius 2 is 1.54 bits per heavy atom. The first-order chi connectivity index (χ1) is 12.6. The zero-order valence-electron chi connectivity index (χ0n) is 13.6. The molecule has 0 radical (unpaired) electrons. The van der Waals surface area contributed by atoms with Gasteiger partial charge in [-0.15, -0.1) is 0 Å². The fraction of sp³-hybridized carbons (Fsp3) is 0.0526. The summed E-state index contributed by atoms with van der Waals surface area (Å²) in [5.41, 5.74) is 1.47. The second kappa shape index (κ2) is 8.56. The zero-order chi connectivity index (χ0) is 18.4. The second-order valence-corrected chi connectivity index (χ2v) is 6.27. The third-order valence-corrected chi connectivity index (χ3v) is 3.82. The summed E-state index contributed by atoms with van der Waals surface area (Å²) in [7, 11) is 0. The van der Waals surface area contributed by atoms with Crippen LogP contribution in [0.3, 0.4) is 0 Å². The van der Waals surface area contributed by atoms with E-state index < -0.39 is 0 Å². The van der Waals surface area contributed by atoms with Crippen LogP contribution in [0.15, 0.2) is 67.0 Å². The molecule has 0 atom stereocenters. The fourth-order valence-corrected chi connectivity index (χ4v) is 2.73. The Hall–Kier alpha value is -2.76. The third kappa shape index (κ3) is 5.37. The number of carbonyl (C=O) groups excluding carboxylic acids is 1. The normalized spacial score (nSPS) is 10.2. The fourth-order valence-electron chi connectivity index (χ4n) is 2.20. The lowest BCUT2D eigenvalue weighted by Crippen LogP contribution is -2.28. The van der Waals surface area contributed by atoms with Gasteiger partial charge in [0.1, 0.15) is 11.5 Å². The lowest BCUT2D eigenvalue weighted by Gasteiger charge is -2.09. The van der Waals surface area contributed by atoms with E-state index in [0.717, 1.165) is 5.56 Å². The summed E-state index contributed by atoms with van der Waals surface area (Å²) in [6.07, 6.45) is 3.33. The monoisotopic (exact) mass is 387 g/mol. The highest BCUT2D eigenvalue weighted by atomic mass is 35.5. The standard InChI is InChI=1S/C19H15Cl2N3O2/c20-14-9-15(21)11-16(10-14)24-19(25)23-12-13-1-3-17(4-2-13)26-18-5-7-22-8-6-18/h1-11H,12H2,(H2,23,24,25). The van der Waals surface area contributed by atoms with Gasteiger partial charge in [-0.05, 0) is 48.0 Å². The summed E-state index contributed by atoms with van der Waals surface area (Å²) in [5, 5.41) is 6.37. The highest BCUT2D eigenvalue weighted by Crippen LogP contribution is 2.23. The number of nitrogens with one attached hydrogen (secondary N) is 2. The van der Waals surface area contributed by atoms with E-state index in [1.807, 2.05) is 24.3 Å². The number of anilines is 1. The van der Waals surface area contributed by atoms with Crippen LogP contribution in [-0.4, -0.2) is 11.0 Å². The predicted octanol–water partition coefficient (Wildman–Crippen LogP) is 5.50. The van der Waals surface area contributed by atoms with Crippen molar-refractivity contribution in [1.82, 2.24) is 10.3 Å². The first-order valence-corrected chi connectivity index (χ1v) is 8.52. The number of rotatable bonds is 5. The van der Waals surface area contributed by atoms with Gasteiger partial charge in [0.05, 0.1) is 0 Å². The van der Waals surface area contributed by atoms with Crippen molar-refractivity contribution < 1.29 is 9.53 Å². The molecular formula is C19H15Cl2N3O2. The van der Waals surface area contributed by atoms with Crippen LogP contribution in [0.2, 0.25) is 10.0 Å². The number of aromatic nitrogens is 1. The first-order valence-electron chi connectivity index (χ1n) is 7.76. The minimum absolute atomic E-state index is 0.347. The molecule has 0 fully saturated rings. The van der Waals surface area contributed by atoms with E-state index in [4.69, 9.17) is 27.9 Å². The van der Waals surface area contributed by atoms with Crippen molar-refractivity contribution in [3.63, 3.8) is 0 Å². The molecule has 0 aliphatic heterocycles. The van der Waals surface area contributed by atoms with Crippen molar-refractivity contribution in [1.29, 1.82) is 0 Å². The Morgan fingerprint density at radius 3 is 2.19 bits per heavy atom. The Labute approximate surface area is 160 Å². The third-order valence-electron chi connectivity index (χ3n) is 3.38. The molecule has 7 heteroatoms. The molecule has 2 aromatic carbocycles. The Bertz CT molecular complexity index is 867. The Morgan fingerprint density at radius 1 is 0.923 bits per heavy atom. The number of pyridine rings is 1. The molecule has 2 amide bonds. The van der Waals surface area contributed by atoms with Crippen LogP contribution in [0, 0.1) is 0 Å². The number of amides is 2. The van der Waals surface area contributed by atoms with Crippen LogP contribution in [0.5, 0.6) is 11.5 Å². The van der Waals surface area contributed by atoms with Gasteiger partial charge in [-0.25, -0.2) is 4.79 Å². The van der Waals surface area contributed by atoms with Gasteiger partial charge in [-0.1, -0.05) is 35.3 Å². The van der Waals surface area contributed by atoms with Crippen molar-refractivity contribution in [2.24, 2.45) is 0 Å². The smallest absolute Gasteiger partial charge is 0.319 e. The van der Waals surface area contributed by atoms with Gasteiger partial charge in [0.2, 0.25) is 0 Å². The van der Waals surface area contributed by atoms with E-state index in [9.17, 15) is 4.79 Å². The molecular weight excluding hydrogens is 373 g/mol. The molecule has 0 aliphatic rings. The summed E-state index contributed by atoms with van der Waals surface area (Å²) >= 11 is 11.8. The number of benzene rings is 2. The quantitative estimate of drug-likeness (QED) is 0.607. The first kappa shape index (κ1) is 18.0. The van der Waals surface area contributed by atoms with Gasteiger partial charge >= 0.3 is 6.03 Å². The summed E-state index contributed by atoms with van der Waals surface area (Å²) in [5.74, 6) is 1.42. The highest BCUT2D eigenvalue weighted by molar-refractivity contribution is 6.35. The van der Waals surface area contributed by atoms with Crippen LogP contribution in [0.4, 0.5) is 10.5 Å². The van der Waals surface area contributed by atoms with E-state index in [0.29, 0.717) is 33.8 Å². The Balaban J connectivity index is 1.52. The summed E-state index contributed by atoms with van der Waals surface area (Å²) in [4.78, 5) is 15.9. The van der Waals surface area contributed by atoms with E-state index in [2.05, 4.69) is 15.6 Å². The molecule has 0 unspecified atom stereocenters. The van der Waals surface area contributed by atoms with E-state index >= 15 is 0 Å². The van der Waals surface area contributed by atoms with Crippen molar-refractivity contribution in [2.45, 2.75) is 6.54 Å². The molecule has 3 rings (SSSR count). The van der Waals surface area contributed by atoms with E-state index in [1.165, 1.54) is 0 Å². The average molecular weight is 388 g/mol. The zero-order valence-corrected chi connectivity index (χ0v) is 15.1. The van der Waals surface area contributed by atoms with Gasteiger partial charge < -0.3 is 15.4 Å². The van der Waals surface area contributed by atoms with Crippen LogP contribution in [0.1, 0.15) is 5.56 Å². The lowest BCUT2D eigenvalue weighted by atomic mass is 10.2. The maximum atomic E-state index is 12.0. The molecule has 5 nitrogen and oxygen atoms in total. The maximum Gasteiger partial charge on any atom is 0.319 e. The number of ether oxygens (including phenoxy) is 1. The lowest BCUT2D eigenvalue weighted by molar-refractivity contribution is 0.251. The molecule has 0 saturated carbocycles. The van der Waals surface area contributed by atoms with Gasteiger partial charge in [-0.2, -0.15) is 0 Å². The molecule has 3 aromatic rings. The molecule has 26 heavy (non-hydrogen) atoms. The second-order valence-electron chi connectivity index (χ2n) is 5.39. The molecule has 0 spiro atoms.